The van der Waals surface area contributed by atoms with Crippen LogP contribution in [0.3, 0.4) is 0 Å². The number of amides is 1. The molecule has 0 fully saturated rings. The molecule has 0 saturated heterocycles. The van der Waals surface area contributed by atoms with Gasteiger partial charge in [0.25, 0.3) is 0 Å². The summed E-state index contributed by atoms with van der Waals surface area (Å²) in [6, 6.07) is 4.86. The number of aromatic carboxylic acids is 1. The van der Waals surface area contributed by atoms with Gasteiger partial charge in [-0.25, -0.2) is 4.79 Å². The minimum absolute atomic E-state index is 0.0626. The number of carbonyl (C=O) groups is 2. The van der Waals surface area contributed by atoms with Crippen molar-refractivity contribution < 1.29 is 19.4 Å². The van der Waals surface area contributed by atoms with Crippen molar-refractivity contribution in [1.29, 1.82) is 0 Å². The van der Waals surface area contributed by atoms with Crippen LogP contribution in [0.15, 0.2) is 18.2 Å². The predicted octanol–water partition coefficient (Wildman–Crippen LogP) is 2.45. The highest BCUT2D eigenvalue weighted by Crippen LogP contribution is 2.17. The van der Waals surface area contributed by atoms with Gasteiger partial charge in [-0.2, -0.15) is 0 Å². The van der Waals surface area contributed by atoms with Gasteiger partial charge in [0, 0.05) is 6.61 Å². The number of carbonyl (C=O) groups excluding carboxylic acids is 1. The number of carboxylic acid groups (broad SMARTS) is 1. The maximum absolute atomic E-state index is 11.6. The van der Waals surface area contributed by atoms with Crippen LogP contribution in [0.2, 0.25) is 0 Å². The highest BCUT2D eigenvalue weighted by atomic mass is 16.5. The summed E-state index contributed by atoms with van der Waals surface area (Å²) < 4.78 is 5.17. The lowest BCUT2D eigenvalue weighted by Gasteiger charge is -2.09. The van der Waals surface area contributed by atoms with E-state index in [1.807, 2.05) is 6.92 Å². The molecule has 0 spiro atoms. The molecule has 2 N–H and O–H groups in total. The van der Waals surface area contributed by atoms with Gasteiger partial charge in [-0.15, -0.1) is 0 Å². The van der Waals surface area contributed by atoms with Gasteiger partial charge in [-0.3, -0.25) is 4.79 Å². The van der Waals surface area contributed by atoms with E-state index >= 15 is 0 Å². The highest BCUT2D eigenvalue weighted by molar-refractivity contribution is 6.01. The van der Waals surface area contributed by atoms with Gasteiger partial charge in [0.2, 0.25) is 5.91 Å². The van der Waals surface area contributed by atoms with Gasteiger partial charge in [-0.1, -0.05) is 25.0 Å². The third-order valence-electron chi connectivity index (χ3n) is 2.55. The molecule has 0 atom stereocenters. The Labute approximate surface area is 112 Å². The van der Waals surface area contributed by atoms with E-state index in [0.717, 1.165) is 18.4 Å². The zero-order valence-electron chi connectivity index (χ0n) is 11.2. The number of hydrogen-bond acceptors (Lipinski definition) is 3. The van der Waals surface area contributed by atoms with Crippen LogP contribution in [0, 0.1) is 6.92 Å². The Balaban J connectivity index is 2.61. The average molecular weight is 265 g/mol. The van der Waals surface area contributed by atoms with E-state index in [2.05, 4.69) is 5.32 Å². The number of rotatable bonds is 7. The van der Waals surface area contributed by atoms with E-state index in [1.165, 1.54) is 6.07 Å². The summed E-state index contributed by atoms with van der Waals surface area (Å²) in [6.07, 6.45) is 1.90. The molecule has 0 aliphatic carbocycles. The fourth-order valence-corrected chi connectivity index (χ4v) is 1.54. The van der Waals surface area contributed by atoms with E-state index in [9.17, 15) is 9.59 Å². The lowest BCUT2D eigenvalue weighted by atomic mass is 10.1. The molecule has 0 aliphatic heterocycles. The Morgan fingerprint density at radius 2 is 2.11 bits per heavy atom. The highest BCUT2D eigenvalue weighted by Gasteiger charge is 2.12. The molecule has 104 valence electrons. The molecular formula is C14H19NO4. The van der Waals surface area contributed by atoms with Crippen LogP contribution in [0.25, 0.3) is 0 Å². The van der Waals surface area contributed by atoms with E-state index in [0.29, 0.717) is 12.3 Å². The molecule has 1 rings (SSSR count). The largest absolute Gasteiger partial charge is 0.478 e. The van der Waals surface area contributed by atoms with Gasteiger partial charge in [0.05, 0.1) is 11.3 Å². The predicted molar refractivity (Wildman–Crippen MR) is 72.5 cm³/mol. The number of ether oxygens (including phenoxy) is 1. The number of unbranched alkanes of at least 4 members (excludes halogenated alkanes) is 1. The van der Waals surface area contributed by atoms with Gasteiger partial charge >= 0.3 is 5.97 Å². The first-order chi connectivity index (χ1) is 9.04. The molecule has 1 aromatic rings. The summed E-state index contributed by atoms with van der Waals surface area (Å²) in [5.74, 6) is -1.41. The second kappa shape index (κ2) is 7.53. The first kappa shape index (κ1) is 15.2. The van der Waals surface area contributed by atoms with Crippen LogP contribution < -0.4 is 5.32 Å². The molecule has 0 heterocycles. The van der Waals surface area contributed by atoms with Crippen molar-refractivity contribution in [3.05, 3.63) is 29.3 Å². The molecule has 0 unspecified atom stereocenters. The number of aryl methyl sites for hydroxylation is 1. The molecule has 1 aromatic carbocycles. The van der Waals surface area contributed by atoms with Gasteiger partial charge in [0.15, 0.2) is 0 Å². The second-order valence-electron chi connectivity index (χ2n) is 4.31. The summed E-state index contributed by atoms with van der Waals surface area (Å²) in [4.78, 5) is 22.7. The molecule has 0 aliphatic rings. The van der Waals surface area contributed by atoms with Crippen molar-refractivity contribution in [2.24, 2.45) is 0 Å². The Hall–Kier alpha value is -1.88. The lowest BCUT2D eigenvalue weighted by molar-refractivity contribution is -0.120. The van der Waals surface area contributed by atoms with Crippen LogP contribution in [-0.2, 0) is 9.53 Å². The molecule has 1 amide bonds. The molecule has 0 aromatic heterocycles. The Kier molecular flexibility index (Phi) is 6.02. The van der Waals surface area contributed by atoms with Crippen LogP contribution in [0.5, 0.6) is 0 Å². The number of carboxylic acids is 1. The number of benzene rings is 1. The third kappa shape index (κ3) is 5.09. The molecule has 0 bridgehead atoms. The smallest absolute Gasteiger partial charge is 0.337 e. The second-order valence-corrected chi connectivity index (χ2v) is 4.31. The zero-order chi connectivity index (χ0) is 14.3. The van der Waals surface area contributed by atoms with Gasteiger partial charge < -0.3 is 15.2 Å². The molecule has 5 heteroatoms. The van der Waals surface area contributed by atoms with Gasteiger partial charge in [-0.05, 0) is 25.5 Å². The molecular weight excluding hydrogens is 246 g/mol. The normalized spacial score (nSPS) is 10.2. The molecule has 5 nitrogen and oxygen atoms in total. The molecule has 19 heavy (non-hydrogen) atoms. The number of hydrogen-bond donors (Lipinski definition) is 2. The van der Waals surface area contributed by atoms with E-state index in [1.54, 1.807) is 19.1 Å². The lowest BCUT2D eigenvalue weighted by Crippen LogP contribution is -2.20. The minimum Gasteiger partial charge on any atom is -0.478 e. The topological polar surface area (TPSA) is 75.6 Å². The summed E-state index contributed by atoms with van der Waals surface area (Å²) in [6.45, 7) is 4.30. The first-order valence-electron chi connectivity index (χ1n) is 6.26. The number of nitrogens with one attached hydrogen (secondary N) is 1. The Morgan fingerprint density at radius 1 is 1.37 bits per heavy atom. The molecule has 0 saturated carbocycles. The fraction of sp³-hybridized carbons (Fsp3) is 0.429. The van der Waals surface area contributed by atoms with Crippen molar-refractivity contribution in [2.75, 3.05) is 18.5 Å². The van der Waals surface area contributed by atoms with Crippen molar-refractivity contribution in [1.82, 2.24) is 0 Å². The summed E-state index contributed by atoms with van der Waals surface area (Å²) in [7, 11) is 0. The maximum Gasteiger partial charge on any atom is 0.337 e. The average Bonchev–Trinajstić information content (AvgIpc) is 2.36. The van der Waals surface area contributed by atoms with Crippen LogP contribution >= 0.6 is 0 Å². The standard InChI is InChI=1S/C14H19NO4/c1-3-4-7-19-9-13(16)15-12-6-5-10(2)8-11(12)14(17)18/h5-6,8H,3-4,7,9H2,1-2H3,(H,15,16)(H,17,18). The van der Waals surface area contributed by atoms with Crippen molar-refractivity contribution in [3.8, 4) is 0 Å². The zero-order valence-corrected chi connectivity index (χ0v) is 11.2. The SMILES string of the molecule is CCCCOCC(=O)Nc1ccc(C)cc1C(=O)O. The fourth-order valence-electron chi connectivity index (χ4n) is 1.54. The van der Waals surface area contributed by atoms with E-state index in [4.69, 9.17) is 9.84 Å². The third-order valence-corrected chi connectivity index (χ3v) is 2.55. The summed E-state index contributed by atoms with van der Waals surface area (Å²) in [5.41, 5.74) is 1.21. The van der Waals surface area contributed by atoms with E-state index in [-0.39, 0.29) is 18.1 Å². The van der Waals surface area contributed by atoms with Crippen LogP contribution in [0.1, 0.15) is 35.7 Å². The quantitative estimate of drug-likeness (QED) is 0.742. The first-order valence-corrected chi connectivity index (χ1v) is 6.26. The monoisotopic (exact) mass is 265 g/mol. The number of anilines is 1. The molecule has 0 radical (unpaired) electrons. The summed E-state index contributed by atoms with van der Waals surface area (Å²) >= 11 is 0. The maximum atomic E-state index is 11.6. The Morgan fingerprint density at radius 3 is 2.74 bits per heavy atom. The van der Waals surface area contributed by atoms with Crippen molar-refractivity contribution in [2.45, 2.75) is 26.7 Å². The summed E-state index contributed by atoms with van der Waals surface area (Å²) in [5, 5.41) is 11.6. The van der Waals surface area contributed by atoms with Crippen LogP contribution in [-0.4, -0.2) is 30.2 Å². The minimum atomic E-state index is -1.06. The Bertz CT molecular complexity index is 457. The van der Waals surface area contributed by atoms with E-state index < -0.39 is 5.97 Å². The van der Waals surface area contributed by atoms with Crippen molar-refractivity contribution >= 4 is 17.6 Å². The van der Waals surface area contributed by atoms with Gasteiger partial charge in [0.1, 0.15) is 6.61 Å². The van der Waals surface area contributed by atoms with Crippen molar-refractivity contribution in [3.63, 3.8) is 0 Å². The van der Waals surface area contributed by atoms with Crippen LogP contribution in [0.4, 0.5) is 5.69 Å².